The van der Waals surface area contributed by atoms with Gasteiger partial charge in [-0.2, -0.15) is 0 Å². The quantitative estimate of drug-likeness (QED) is 0.846. The topological polar surface area (TPSA) is 64.8 Å². The van der Waals surface area contributed by atoms with Gasteiger partial charge in [-0.15, -0.1) is 0 Å². The van der Waals surface area contributed by atoms with Crippen LogP contribution in [0.1, 0.15) is 19.3 Å². The Morgan fingerprint density at radius 3 is 2.87 bits per heavy atom. The third-order valence-electron chi connectivity index (χ3n) is 3.92. The van der Waals surface area contributed by atoms with Crippen molar-refractivity contribution >= 4 is 29.1 Å². The molecule has 2 atom stereocenters. The largest absolute Gasteiger partial charge is 0.489 e. The van der Waals surface area contributed by atoms with E-state index in [0.29, 0.717) is 35.3 Å². The summed E-state index contributed by atoms with van der Waals surface area (Å²) in [5, 5.41) is 0.950. The smallest absolute Gasteiger partial charge is 0.225 e. The lowest BCUT2D eigenvalue weighted by molar-refractivity contribution is -0.136. The molecule has 128 valence electrons. The standard InChI is InChI=1S/C16H22Cl2N2O3/c1-22-13(9-19)8-16(21)20-6-2-3-12(10-20)23-11-4-5-14(17)15(18)7-11/h4-5,7,12-13H,2-3,6,8-10,19H2,1H3. The number of methoxy groups -OCH3 is 1. The van der Waals surface area contributed by atoms with Gasteiger partial charge < -0.3 is 20.1 Å². The number of piperidine rings is 1. The lowest BCUT2D eigenvalue weighted by Crippen LogP contribution is -2.45. The highest BCUT2D eigenvalue weighted by Crippen LogP contribution is 2.28. The van der Waals surface area contributed by atoms with Crippen LogP contribution in [0, 0.1) is 0 Å². The number of hydrogen-bond donors (Lipinski definition) is 1. The van der Waals surface area contributed by atoms with Gasteiger partial charge in [-0.3, -0.25) is 4.79 Å². The molecular formula is C16H22Cl2N2O3. The van der Waals surface area contributed by atoms with E-state index in [1.807, 2.05) is 4.90 Å². The highest BCUT2D eigenvalue weighted by Gasteiger charge is 2.26. The molecule has 1 aromatic carbocycles. The van der Waals surface area contributed by atoms with Gasteiger partial charge in [0, 0.05) is 26.3 Å². The number of rotatable bonds is 6. The zero-order valence-electron chi connectivity index (χ0n) is 13.1. The molecular weight excluding hydrogens is 339 g/mol. The van der Waals surface area contributed by atoms with Crippen molar-refractivity contribution in [3.05, 3.63) is 28.2 Å². The van der Waals surface area contributed by atoms with Gasteiger partial charge >= 0.3 is 0 Å². The van der Waals surface area contributed by atoms with Gasteiger partial charge in [0.1, 0.15) is 11.9 Å². The van der Waals surface area contributed by atoms with Crippen LogP contribution in [0.4, 0.5) is 0 Å². The Morgan fingerprint density at radius 2 is 2.22 bits per heavy atom. The molecule has 0 spiro atoms. The van der Waals surface area contributed by atoms with Crippen LogP contribution in [0.5, 0.6) is 5.75 Å². The van der Waals surface area contributed by atoms with Gasteiger partial charge in [-0.1, -0.05) is 23.2 Å². The highest BCUT2D eigenvalue weighted by atomic mass is 35.5. The lowest BCUT2D eigenvalue weighted by Gasteiger charge is -2.33. The number of halogens is 2. The van der Waals surface area contributed by atoms with Gasteiger partial charge in [0.05, 0.1) is 29.1 Å². The first kappa shape index (κ1) is 18.3. The summed E-state index contributed by atoms with van der Waals surface area (Å²) in [5.74, 6) is 0.708. The maximum atomic E-state index is 12.3. The van der Waals surface area contributed by atoms with E-state index in [1.54, 1.807) is 25.3 Å². The van der Waals surface area contributed by atoms with Crippen molar-refractivity contribution in [1.29, 1.82) is 0 Å². The van der Waals surface area contributed by atoms with Gasteiger partial charge in [0.15, 0.2) is 0 Å². The van der Waals surface area contributed by atoms with Crippen molar-refractivity contribution in [2.45, 2.75) is 31.5 Å². The monoisotopic (exact) mass is 360 g/mol. The van der Waals surface area contributed by atoms with Gasteiger partial charge in [-0.05, 0) is 25.0 Å². The Hall–Kier alpha value is -1.01. The molecule has 2 rings (SSSR count). The number of carbonyl (C=O) groups is 1. The van der Waals surface area contributed by atoms with Crippen LogP contribution in [-0.2, 0) is 9.53 Å². The van der Waals surface area contributed by atoms with Crippen LogP contribution >= 0.6 is 23.2 Å². The molecule has 1 saturated heterocycles. The molecule has 23 heavy (non-hydrogen) atoms. The fraction of sp³-hybridized carbons (Fsp3) is 0.562. The van der Waals surface area contributed by atoms with Gasteiger partial charge in [0.25, 0.3) is 0 Å². The Balaban J connectivity index is 1.92. The normalized spacial score (nSPS) is 19.5. The molecule has 2 unspecified atom stereocenters. The summed E-state index contributed by atoms with van der Waals surface area (Å²) < 4.78 is 11.1. The number of ether oxygens (including phenoxy) is 2. The van der Waals surface area contributed by atoms with E-state index < -0.39 is 0 Å². The number of benzene rings is 1. The van der Waals surface area contributed by atoms with Crippen LogP contribution in [-0.4, -0.2) is 49.8 Å². The lowest BCUT2D eigenvalue weighted by atomic mass is 10.1. The third-order valence-corrected chi connectivity index (χ3v) is 4.66. The first-order valence-electron chi connectivity index (χ1n) is 7.65. The Morgan fingerprint density at radius 1 is 1.43 bits per heavy atom. The number of nitrogens with zero attached hydrogens (tertiary/aromatic N) is 1. The zero-order valence-corrected chi connectivity index (χ0v) is 14.6. The van der Waals surface area contributed by atoms with Crippen molar-refractivity contribution in [3.63, 3.8) is 0 Å². The molecule has 0 bridgehead atoms. The molecule has 0 saturated carbocycles. The maximum Gasteiger partial charge on any atom is 0.225 e. The SMILES string of the molecule is COC(CN)CC(=O)N1CCCC(Oc2ccc(Cl)c(Cl)c2)C1. The summed E-state index contributed by atoms with van der Waals surface area (Å²) in [6.07, 6.45) is 1.81. The first-order valence-corrected chi connectivity index (χ1v) is 8.41. The molecule has 2 N–H and O–H groups in total. The number of nitrogens with two attached hydrogens (primary N) is 1. The van der Waals surface area contributed by atoms with E-state index in [0.717, 1.165) is 19.4 Å². The van der Waals surface area contributed by atoms with Crippen molar-refractivity contribution in [1.82, 2.24) is 4.90 Å². The minimum atomic E-state index is -0.237. The molecule has 0 radical (unpaired) electrons. The molecule has 1 heterocycles. The van der Waals surface area contributed by atoms with Crippen LogP contribution < -0.4 is 10.5 Å². The minimum Gasteiger partial charge on any atom is -0.489 e. The summed E-state index contributed by atoms with van der Waals surface area (Å²) in [6.45, 7) is 1.63. The third kappa shape index (κ3) is 5.24. The molecule has 5 nitrogen and oxygen atoms in total. The molecule has 1 fully saturated rings. The fourth-order valence-electron chi connectivity index (χ4n) is 2.59. The van der Waals surface area contributed by atoms with E-state index >= 15 is 0 Å². The van der Waals surface area contributed by atoms with E-state index in [2.05, 4.69) is 0 Å². The molecule has 1 aliphatic heterocycles. The molecule has 0 aliphatic carbocycles. The molecule has 1 aliphatic rings. The predicted molar refractivity (Wildman–Crippen MR) is 91.2 cm³/mol. The van der Waals surface area contributed by atoms with Crippen LogP contribution in [0.15, 0.2) is 18.2 Å². The van der Waals surface area contributed by atoms with E-state index in [-0.39, 0.29) is 18.1 Å². The molecule has 0 aromatic heterocycles. The van der Waals surface area contributed by atoms with Crippen molar-refractivity contribution in [2.75, 3.05) is 26.7 Å². The number of carbonyl (C=O) groups excluding carboxylic acids is 1. The molecule has 1 amide bonds. The summed E-state index contributed by atoms with van der Waals surface area (Å²) in [5.41, 5.74) is 5.57. The fourth-order valence-corrected chi connectivity index (χ4v) is 2.88. The highest BCUT2D eigenvalue weighted by molar-refractivity contribution is 6.42. The number of likely N-dealkylation sites (tertiary alicyclic amines) is 1. The summed E-state index contributed by atoms with van der Waals surface area (Å²) in [6, 6.07) is 5.18. The van der Waals surface area contributed by atoms with Crippen LogP contribution in [0.2, 0.25) is 10.0 Å². The average Bonchev–Trinajstić information content (AvgIpc) is 2.56. The van der Waals surface area contributed by atoms with E-state index in [4.69, 9.17) is 38.4 Å². The van der Waals surface area contributed by atoms with Crippen molar-refractivity contribution in [3.8, 4) is 5.75 Å². The zero-order chi connectivity index (χ0) is 16.8. The Labute approximate surface area is 146 Å². The number of hydrogen-bond acceptors (Lipinski definition) is 4. The average molecular weight is 361 g/mol. The Bertz CT molecular complexity index is 538. The van der Waals surface area contributed by atoms with Crippen LogP contribution in [0.25, 0.3) is 0 Å². The predicted octanol–water partition coefficient (Wildman–Crippen LogP) is 2.73. The van der Waals surface area contributed by atoms with Gasteiger partial charge in [-0.25, -0.2) is 0 Å². The number of amides is 1. The first-order chi connectivity index (χ1) is 11.0. The van der Waals surface area contributed by atoms with E-state index in [9.17, 15) is 4.79 Å². The summed E-state index contributed by atoms with van der Waals surface area (Å²) in [4.78, 5) is 14.1. The second-order valence-corrected chi connectivity index (χ2v) is 6.41. The Kier molecular flexibility index (Phi) is 6.96. The van der Waals surface area contributed by atoms with Crippen molar-refractivity contribution < 1.29 is 14.3 Å². The summed E-state index contributed by atoms with van der Waals surface area (Å²) >= 11 is 11.9. The maximum absolute atomic E-state index is 12.3. The van der Waals surface area contributed by atoms with Gasteiger partial charge in [0.2, 0.25) is 5.91 Å². The van der Waals surface area contributed by atoms with E-state index in [1.165, 1.54) is 0 Å². The molecule has 1 aromatic rings. The summed E-state index contributed by atoms with van der Waals surface area (Å²) in [7, 11) is 1.57. The minimum absolute atomic E-state index is 0.0461. The second kappa shape index (κ2) is 8.73. The van der Waals surface area contributed by atoms with Crippen molar-refractivity contribution in [2.24, 2.45) is 5.73 Å². The van der Waals surface area contributed by atoms with Crippen LogP contribution in [0.3, 0.4) is 0 Å². The second-order valence-electron chi connectivity index (χ2n) is 5.60. The molecule has 7 heteroatoms.